The second kappa shape index (κ2) is 9.36. The summed E-state index contributed by atoms with van der Waals surface area (Å²) in [5, 5.41) is 6.56. The van der Waals surface area contributed by atoms with Gasteiger partial charge in [0.15, 0.2) is 0 Å². The van der Waals surface area contributed by atoms with Crippen LogP contribution in [0.2, 0.25) is 0 Å². The minimum atomic E-state index is -0.439. The molecule has 5 heteroatoms. The molecular weight excluding hydrogens is 278 g/mol. The Labute approximate surface area is 136 Å². The van der Waals surface area contributed by atoms with Gasteiger partial charge in [-0.15, -0.1) is 0 Å². The van der Waals surface area contributed by atoms with E-state index in [0.29, 0.717) is 18.6 Å². The van der Waals surface area contributed by atoms with Crippen LogP contribution < -0.4 is 10.6 Å². The first kappa shape index (κ1) is 19.2. The first-order chi connectivity index (χ1) is 10.3. The number of alkyl carbamates (subject to hydrolysis) is 1. The quantitative estimate of drug-likeness (QED) is 0.759. The Morgan fingerprint density at radius 2 is 1.91 bits per heavy atom. The summed E-state index contributed by atoms with van der Waals surface area (Å²) in [6, 6.07) is 0.883. The van der Waals surface area contributed by atoms with E-state index >= 15 is 0 Å². The maximum atomic E-state index is 11.7. The number of likely N-dealkylation sites (tertiary alicyclic amines) is 1. The zero-order chi connectivity index (χ0) is 16.6. The van der Waals surface area contributed by atoms with Crippen molar-refractivity contribution in [1.29, 1.82) is 0 Å². The molecule has 0 spiro atoms. The van der Waals surface area contributed by atoms with Crippen LogP contribution in [0.25, 0.3) is 0 Å². The number of piperidine rings is 1. The molecule has 0 radical (unpaired) electrons. The maximum Gasteiger partial charge on any atom is 0.407 e. The van der Waals surface area contributed by atoms with Crippen molar-refractivity contribution >= 4 is 6.09 Å². The Kier molecular flexibility index (Phi) is 8.18. The first-order valence-electron chi connectivity index (χ1n) is 8.79. The first-order valence-corrected chi connectivity index (χ1v) is 8.79. The number of ether oxygens (including phenoxy) is 1. The highest BCUT2D eigenvalue weighted by molar-refractivity contribution is 5.67. The number of carbonyl (C=O) groups is 1. The molecule has 1 heterocycles. The van der Waals surface area contributed by atoms with Crippen LogP contribution in [0.3, 0.4) is 0 Å². The van der Waals surface area contributed by atoms with Crippen molar-refractivity contribution < 1.29 is 9.53 Å². The van der Waals surface area contributed by atoms with Gasteiger partial charge >= 0.3 is 6.09 Å². The average Bonchev–Trinajstić information content (AvgIpc) is 2.43. The topological polar surface area (TPSA) is 53.6 Å². The summed E-state index contributed by atoms with van der Waals surface area (Å²) < 4.78 is 5.28. The Balaban J connectivity index is 2.26. The van der Waals surface area contributed by atoms with E-state index in [1.54, 1.807) is 0 Å². The number of rotatable bonds is 7. The lowest BCUT2D eigenvalue weighted by Crippen LogP contribution is -2.50. The molecule has 1 unspecified atom stereocenters. The summed E-state index contributed by atoms with van der Waals surface area (Å²) in [6.07, 6.45) is 4.30. The fraction of sp³-hybridized carbons (Fsp3) is 0.941. The van der Waals surface area contributed by atoms with Crippen LogP contribution in [0.5, 0.6) is 0 Å². The fourth-order valence-electron chi connectivity index (χ4n) is 2.81. The third-order valence-corrected chi connectivity index (χ3v) is 3.98. The zero-order valence-corrected chi connectivity index (χ0v) is 15.1. The predicted molar refractivity (Wildman–Crippen MR) is 91.2 cm³/mol. The molecule has 1 amide bonds. The number of carbonyl (C=O) groups excluding carboxylic acids is 1. The number of amides is 1. The highest BCUT2D eigenvalue weighted by Crippen LogP contribution is 2.12. The second-order valence-corrected chi connectivity index (χ2v) is 7.27. The molecule has 1 aliphatic rings. The van der Waals surface area contributed by atoms with E-state index in [9.17, 15) is 4.79 Å². The molecule has 0 saturated carbocycles. The van der Waals surface area contributed by atoms with E-state index in [0.717, 1.165) is 6.42 Å². The number of hydrogen-bond donors (Lipinski definition) is 2. The highest BCUT2D eigenvalue weighted by Gasteiger charge is 2.22. The Hall–Kier alpha value is -0.810. The summed E-state index contributed by atoms with van der Waals surface area (Å²) >= 11 is 0. The van der Waals surface area contributed by atoms with Crippen LogP contribution >= 0.6 is 0 Å². The largest absolute Gasteiger partial charge is 0.444 e. The highest BCUT2D eigenvalue weighted by atomic mass is 16.6. The van der Waals surface area contributed by atoms with Crippen LogP contribution in [0.15, 0.2) is 0 Å². The van der Waals surface area contributed by atoms with Gasteiger partial charge in [0.1, 0.15) is 5.60 Å². The van der Waals surface area contributed by atoms with Crippen LogP contribution in [0.1, 0.15) is 60.3 Å². The van der Waals surface area contributed by atoms with Crippen molar-refractivity contribution in [3.63, 3.8) is 0 Å². The molecule has 22 heavy (non-hydrogen) atoms. The van der Waals surface area contributed by atoms with Gasteiger partial charge < -0.3 is 20.3 Å². The average molecular weight is 313 g/mol. The summed E-state index contributed by atoms with van der Waals surface area (Å²) in [6.45, 7) is 14.2. The van der Waals surface area contributed by atoms with Crippen LogP contribution in [-0.2, 0) is 4.74 Å². The Morgan fingerprint density at radius 3 is 2.41 bits per heavy atom. The van der Waals surface area contributed by atoms with Crippen LogP contribution in [-0.4, -0.2) is 54.9 Å². The monoisotopic (exact) mass is 313 g/mol. The molecule has 5 nitrogen and oxygen atoms in total. The number of hydrogen-bond acceptors (Lipinski definition) is 4. The molecular formula is C17H35N3O2. The third-order valence-electron chi connectivity index (χ3n) is 3.98. The van der Waals surface area contributed by atoms with Crippen molar-refractivity contribution in [2.45, 2.75) is 78.0 Å². The molecule has 2 N–H and O–H groups in total. The SMILES string of the molecule is CCCN1CCC(NC(CC)CNC(=O)OC(C)(C)C)CC1. The van der Waals surface area contributed by atoms with Gasteiger partial charge in [-0.25, -0.2) is 4.79 Å². The lowest BCUT2D eigenvalue weighted by atomic mass is 10.0. The van der Waals surface area contributed by atoms with E-state index in [4.69, 9.17) is 4.74 Å². The van der Waals surface area contributed by atoms with Gasteiger partial charge in [0, 0.05) is 18.6 Å². The van der Waals surface area contributed by atoms with Gasteiger partial charge in [-0.2, -0.15) is 0 Å². The fourth-order valence-corrected chi connectivity index (χ4v) is 2.81. The Bertz CT molecular complexity index is 320. The smallest absolute Gasteiger partial charge is 0.407 e. The molecule has 0 aromatic carbocycles. The molecule has 0 aliphatic carbocycles. The molecule has 1 saturated heterocycles. The standard InChI is InChI=1S/C17H35N3O2/c1-6-10-20-11-8-15(9-12-20)19-14(7-2)13-18-16(21)22-17(3,4)5/h14-15,19H,6-13H2,1-5H3,(H,18,21). The van der Waals surface area contributed by atoms with Gasteiger partial charge in [-0.3, -0.25) is 0 Å². The van der Waals surface area contributed by atoms with Crippen molar-refractivity contribution in [1.82, 2.24) is 15.5 Å². The Morgan fingerprint density at radius 1 is 1.27 bits per heavy atom. The normalized spacial score (nSPS) is 19.0. The van der Waals surface area contributed by atoms with E-state index in [-0.39, 0.29) is 6.09 Å². The second-order valence-electron chi connectivity index (χ2n) is 7.27. The molecule has 0 aromatic rings. The summed E-state index contributed by atoms with van der Waals surface area (Å²) in [4.78, 5) is 14.3. The van der Waals surface area contributed by atoms with Gasteiger partial charge in [-0.05, 0) is 66.1 Å². The maximum absolute atomic E-state index is 11.7. The van der Waals surface area contributed by atoms with E-state index in [2.05, 4.69) is 29.4 Å². The van der Waals surface area contributed by atoms with E-state index in [1.165, 1.54) is 38.9 Å². The number of nitrogens with zero attached hydrogens (tertiary/aromatic N) is 1. The minimum Gasteiger partial charge on any atom is -0.444 e. The lowest BCUT2D eigenvalue weighted by Gasteiger charge is -2.34. The van der Waals surface area contributed by atoms with Gasteiger partial charge in [0.2, 0.25) is 0 Å². The molecule has 1 fully saturated rings. The minimum absolute atomic E-state index is 0.315. The molecule has 1 atom stereocenters. The predicted octanol–water partition coefficient (Wildman–Crippen LogP) is 2.75. The van der Waals surface area contributed by atoms with Gasteiger partial charge in [0.05, 0.1) is 0 Å². The van der Waals surface area contributed by atoms with Crippen molar-refractivity contribution in [3.05, 3.63) is 0 Å². The molecule has 130 valence electrons. The van der Waals surface area contributed by atoms with Crippen LogP contribution in [0, 0.1) is 0 Å². The van der Waals surface area contributed by atoms with Crippen molar-refractivity contribution in [2.75, 3.05) is 26.2 Å². The lowest BCUT2D eigenvalue weighted by molar-refractivity contribution is 0.0520. The van der Waals surface area contributed by atoms with Crippen molar-refractivity contribution in [3.8, 4) is 0 Å². The van der Waals surface area contributed by atoms with Gasteiger partial charge in [0.25, 0.3) is 0 Å². The van der Waals surface area contributed by atoms with Gasteiger partial charge in [-0.1, -0.05) is 13.8 Å². The third kappa shape index (κ3) is 7.99. The molecule has 1 rings (SSSR count). The molecule has 1 aliphatic heterocycles. The summed E-state index contributed by atoms with van der Waals surface area (Å²) in [5.41, 5.74) is -0.439. The van der Waals surface area contributed by atoms with Crippen LogP contribution in [0.4, 0.5) is 4.79 Å². The van der Waals surface area contributed by atoms with E-state index in [1.807, 2.05) is 20.8 Å². The molecule has 0 bridgehead atoms. The van der Waals surface area contributed by atoms with Crippen molar-refractivity contribution in [2.24, 2.45) is 0 Å². The van der Waals surface area contributed by atoms with E-state index < -0.39 is 5.60 Å². The summed E-state index contributed by atoms with van der Waals surface area (Å²) in [5.74, 6) is 0. The zero-order valence-electron chi connectivity index (χ0n) is 15.1. The molecule has 0 aromatic heterocycles. The number of nitrogens with one attached hydrogen (secondary N) is 2. The summed E-state index contributed by atoms with van der Waals surface area (Å²) in [7, 11) is 0.